The van der Waals surface area contributed by atoms with Gasteiger partial charge in [0.1, 0.15) is 0 Å². The van der Waals surface area contributed by atoms with Crippen molar-refractivity contribution in [2.75, 3.05) is 10.6 Å². The first kappa shape index (κ1) is 14.4. The van der Waals surface area contributed by atoms with Gasteiger partial charge in [-0.1, -0.05) is 42.1 Å². The number of hydrogen-bond donors (Lipinski definition) is 2. The van der Waals surface area contributed by atoms with E-state index in [1.807, 2.05) is 12.1 Å². The second-order valence-corrected chi connectivity index (χ2v) is 5.80. The maximum Gasteiger partial charge on any atom is 0.244 e. The fourth-order valence-corrected chi connectivity index (χ4v) is 2.76. The third-order valence-corrected chi connectivity index (χ3v) is 4.28. The van der Waals surface area contributed by atoms with Crippen LogP contribution < -0.4 is 10.6 Å². The van der Waals surface area contributed by atoms with E-state index in [1.54, 1.807) is 12.3 Å². The number of aromatic nitrogens is 3. The van der Waals surface area contributed by atoms with Gasteiger partial charge in [-0.2, -0.15) is 10.1 Å². The van der Waals surface area contributed by atoms with E-state index in [1.165, 1.54) is 12.8 Å². The number of hydrogen-bond acceptors (Lipinski definition) is 5. The molecule has 0 bridgehead atoms. The number of nitrogens with zero attached hydrogens (tertiary/aromatic N) is 3. The summed E-state index contributed by atoms with van der Waals surface area (Å²) in [6.45, 7) is 0. The quantitative estimate of drug-likeness (QED) is 0.879. The molecule has 0 unspecified atom stereocenters. The maximum atomic E-state index is 6.15. The van der Waals surface area contributed by atoms with Crippen LogP contribution in [0.4, 0.5) is 17.5 Å². The molecule has 1 fully saturated rings. The van der Waals surface area contributed by atoms with E-state index < -0.39 is 0 Å². The molecule has 110 valence electrons. The molecule has 2 aromatic rings. The van der Waals surface area contributed by atoms with E-state index in [2.05, 4.69) is 25.8 Å². The average Bonchev–Trinajstić information content (AvgIpc) is 2.97. The van der Waals surface area contributed by atoms with Crippen molar-refractivity contribution in [2.45, 2.75) is 31.7 Å². The van der Waals surface area contributed by atoms with E-state index in [0.29, 0.717) is 33.5 Å². The molecular formula is C14H15Cl2N5. The van der Waals surface area contributed by atoms with Crippen molar-refractivity contribution in [2.24, 2.45) is 0 Å². The van der Waals surface area contributed by atoms with Crippen molar-refractivity contribution in [1.29, 1.82) is 0 Å². The van der Waals surface area contributed by atoms with Crippen LogP contribution >= 0.6 is 23.2 Å². The summed E-state index contributed by atoms with van der Waals surface area (Å²) in [4.78, 5) is 4.40. The summed E-state index contributed by atoms with van der Waals surface area (Å²) in [5.74, 6) is 1.11. The summed E-state index contributed by atoms with van der Waals surface area (Å²) in [6, 6.07) is 5.83. The highest BCUT2D eigenvalue weighted by atomic mass is 35.5. The third kappa shape index (κ3) is 3.54. The molecule has 1 aromatic heterocycles. The van der Waals surface area contributed by atoms with E-state index in [9.17, 15) is 0 Å². The lowest BCUT2D eigenvalue weighted by Gasteiger charge is -2.12. The molecule has 3 rings (SSSR count). The Hall–Kier alpha value is -1.59. The van der Waals surface area contributed by atoms with Crippen LogP contribution in [-0.4, -0.2) is 21.2 Å². The first-order valence-corrected chi connectivity index (χ1v) is 7.65. The Balaban J connectivity index is 1.74. The van der Waals surface area contributed by atoms with Crippen LogP contribution in [0.2, 0.25) is 10.0 Å². The number of benzene rings is 1. The topological polar surface area (TPSA) is 62.7 Å². The lowest BCUT2D eigenvalue weighted by molar-refractivity contribution is 0.738. The number of nitrogens with one attached hydrogen (secondary N) is 2. The monoisotopic (exact) mass is 323 g/mol. The Morgan fingerprint density at radius 3 is 2.76 bits per heavy atom. The second kappa shape index (κ2) is 6.45. The SMILES string of the molecule is Clc1cccc(Nc2cnnc(NC3CCCC3)n2)c1Cl. The van der Waals surface area contributed by atoms with E-state index >= 15 is 0 Å². The Labute approximate surface area is 133 Å². The Kier molecular flexibility index (Phi) is 4.41. The predicted octanol–water partition coefficient (Wildman–Crippen LogP) is 4.28. The van der Waals surface area contributed by atoms with Crippen molar-refractivity contribution < 1.29 is 0 Å². The first-order chi connectivity index (χ1) is 10.2. The van der Waals surface area contributed by atoms with Crippen molar-refractivity contribution >= 4 is 40.7 Å². The maximum absolute atomic E-state index is 6.15. The molecule has 0 saturated heterocycles. The van der Waals surface area contributed by atoms with Gasteiger partial charge in [-0.3, -0.25) is 0 Å². The van der Waals surface area contributed by atoms with Gasteiger partial charge in [0.25, 0.3) is 0 Å². The molecule has 1 aliphatic carbocycles. The van der Waals surface area contributed by atoms with Crippen LogP contribution in [0.5, 0.6) is 0 Å². The highest BCUT2D eigenvalue weighted by molar-refractivity contribution is 6.43. The molecule has 1 saturated carbocycles. The molecule has 21 heavy (non-hydrogen) atoms. The largest absolute Gasteiger partial charge is 0.350 e. The molecule has 0 radical (unpaired) electrons. The lowest BCUT2D eigenvalue weighted by atomic mass is 10.3. The van der Waals surface area contributed by atoms with Gasteiger partial charge in [0, 0.05) is 6.04 Å². The number of halogens is 2. The summed E-state index contributed by atoms with van der Waals surface area (Å²) in [5, 5.41) is 15.3. The molecule has 1 aliphatic rings. The van der Waals surface area contributed by atoms with Crippen LogP contribution in [0, 0.1) is 0 Å². The molecule has 0 spiro atoms. The van der Waals surface area contributed by atoms with Crippen LogP contribution in [0.1, 0.15) is 25.7 Å². The average molecular weight is 324 g/mol. The van der Waals surface area contributed by atoms with Gasteiger partial charge in [0.2, 0.25) is 5.95 Å². The highest BCUT2D eigenvalue weighted by Crippen LogP contribution is 2.31. The predicted molar refractivity (Wildman–Crippen MR) is 85.5 cm³/mol. The fraction of sp³-hybridized carbons (Fsp3) is 0.357. The van der Waals surface area contributed by atoms with Crippen molar-refractivity contribution in [3.05, 3.63) is 34.4 Å². The van der Waals surface area contributed by atoms with E-state index in [4.69, 9.17) is 23.2 Å². The zero-order chi connectivity index (χ0) is 14.7. The lowest BCUT2D eigenvalue weighted by Crippen LogP contribution is -2.17. The van der Waals surface area contributed by atoms with E-state index in [0.717, 1.165) is 12.8 Å². The van der Waals surface area contributed by atoms with Crippen molar-refractivity contribution in [3.63, 3.8) is 0 Å². The fourth-order valence-electron chi connectivity index (χ4n) is 2.42. The van der Waals surface area contributed by atoms with Gasteiger partial charge < -0.3 is 10.6 Å². The minimum absolute atomic E-state index is 0.441. The minimum Gasteiger partial charge on any atom is -0.350 e. The first-order valence-electron chi connectivity index (χ1n) is 6.89. The molecular weight excluding hydrogens is 309 g/mol. The van der Waals surface area contributed by atoms with Gasteiger partial charge in [0.05, 0.1) is 21.9 Å². The molecule has 7 heteroatoms. The standard InChI is InChI=1S/C14H15Cl2N5/c15-10-6-3-7-11(13(10)16)19-12-8-17-21-14(20-12)18-9-4-1-2-5-9/h3,6-9H,1-2,4-5H2,(H2,18,19,20,21). The summed E-state index contributed by atoms with van der Waals surface area (Å²) < 4.78 is 0. The molecule has 5 nitrogen and oxygen atoms in total. The molecule has 2 N–H and O–H groups in total. The molecule has 1 aromatic carbocycles. The van der Waals surface area contributed by atoms with Crippen LogP contribution in [0.25, 0.3) is 0 Å². The van der Waals surface area contributed by atoms with Gasteiger partial charge >= 0.3 is 0 Å². The van der Waals surface area contributed by atoms with Crippen molar-refractivity contribution in [1.82, 2.24) is 15.2 Å². The van der Waals surface area contributed by atoms with Crippen LogP contribution in [0.3, 0.4) is 0 Å². The van der Waals surface area contributed by atoms with Crippen LogP contribution in [0.15, 0.2) is 24.4 Å². The third-order valence-electron chi connectivity index (χ3n) is 3.46. The normalized spacial score (nSPS) is 15.1. The number of rotatable bonds is 4. The summed E-state index contributed by atoms with van der Waals surface area (Å²) >= 11 is 12.1. The number of anilines is 3. The van der Waals surface area contributed by atoms with Gasteiger partial charge in [0.15, 0.2) is 5.82 Å². The molecule has 0 amide bonds. The zero-order valence-corrected chi connectivity index (χ0v) is 12.8. The molecule has 0 aliphatic heterocycles. The van der Waals surface area contributed by atoms with Gasteiger partial charge in [-0.25, -0.2) is 0 Å². The Bertz CT molecular complexity index is 629. The van der Waals surface area contributed by atoms with Gasteiger partial charge in [-0.15, -0.1) is 5.10 Å². The minimum atomic E-state index is 0.441. The smallest absolute Gasteiger partial charge is 0.244 e. The second-order valence-electron chi connectivity index (χ2n) is 5.02. The highest BCUT2D eigenvalue weighted by Gasteiger charge is 2.16. The zero-order valence-electron chi connectivity index (χ0n) is 11.3. The summed E-state index contributed by atoms with van der Waals surface area (Å²) in [7, 11) is 0. The Morgan fingerprint density at radius 1 is 1.14 bits per heavy atom. The van der Waals surface area contributed by atoms with Gasteiger partial charge in [-0.05, 0) is 25.0 Å². The Morgan fingerprint density at radius 2 is 1.95 bits per heavy atom. The van der Waals surface area contributed by atoms with Crippen molar-refractivity contribution in [3.8, 4) is 0 Å². The molecule has 0 atom stereocenters. The van der Waals surface area contributed by atoms with E-state index in [-0.39, 0.29) is 0 Å². The van der Waals surface area contributed by atoms with Crippen LogP contribution in [-0.2, 0) is 0 Å². The summed E-state index contributed by atoms with van der Waals surface area (Å²) in [5.41, 5.74) is 0.691. The summed E-state index contributed by atoms with van der Waals surface area (Å²) in [6.07, 6.45) is 6.36. The molecule has 1 heterocycles.